The Balaban J connectivity index is 2.61. The van der Waals surface area contributed by atoms with E-state index < -0.39 is 36.5 Å². The number of carbonyl (C=O) groups excluding carboxylic acids is 4. The first-order valence-electron chi connectivity index (χ1n) is 8.87. The molecule has 0 aliphatic heterocycles. The minimum atomic E-state index is -0.918. The summed E-state index contributed by atoms with van der Waals surface area (Å²) < 4.78 is 4.95. The van der Waals surface area contributed by atoms with E-state index in [-0.39, 0.29) is 5.92 Å². The highest BCUT2D eigenvalue weighted by atomic mass is 16.5. The molecule has 1 atom stereocenters. The first-order valence-corrected chi connectivity index (χ1v) is 8.87. The molecule has 1 rings (SSSR count). The highest BCUT2D eigenvalue weighted by molar-refractivity contribution is 5.98. The Morgan fingerprint density at radius 1 is 1.11 bits per heavy atom. The molecule has 0 bridgehead atoms. The molecule has 8 heteroatoms. The molecule has 0 aliphatic rings. The van der Waals surface area contributed by atoms with Gasteiger partial charge in [0.25, 0.3) is 11.8 Å². The quantitative estimate of drug-likeness (QED) is 0.595. The van der Waals surface area contributed by atoms with E-state index >= 15 is 0 Å². The molecule has 0 aromatic heterocycles. The molecule has 0 radical (unpaired) electrons. The van der Waals surface area contributed by atoms with Gasteiger partial charge in [0.2, 0.25) is 0 Å². The maximum atomic E-state index is 12.4. The number of amides is 4. The number of carbonyl (C=O) groups is 4. The smallest absolute Gasteiger partial charge is 0.329 e. The summed E-state index contributed by atoms with van der Waals surface area (Å²) >= 11 is 0. The van der Waals surface area contributed by atoms with E-state index in [1.807, 2.05) is 13.0 Å². The molecule has 0 spiro atoms. The van der Waals surface area contributed by atoms with Crippen molar-refractivity contribution in [3.63, 3.8) is 0 Å². The normalized spacial score (nSPS) is 11.4. The van der Waals surface area contributed by atoms with E-state index in [0.717, 1.165) is 12.0 Å². The van der Waals surface area contributed by atoms with Crippen molar-refractivity contribution < 1.29 is 23.9 Å². The molecular weight excluding hydrogens is 350 g/mol. The van der Waals surface area contributed by atoms with Crippen LogP contribution in [0.15, 0.2) is 24.3 Å². The summed E-state index contributed by atoms with van der Waals surface area (Å²) in [6.45, 7) is 7.00. The Hall–Kier alpha value is -2.90. The van der Waals surface area contributed by atoms with E-state index in [1.54, 1.807) is 39.0 Å². The molecule has 0 saturated carbocycles. The minimum Gasteiger partial charge on any atom is -0.454 e. The highest BCUT2D eigenvalue weighted by Crippen LogP contribution is 2.10. The van der Waals surface area contributed by atoms with Gasteiger partial charge in [0.05, 0.1) is 0 Å². The Kier molecular flexibility index (Phi) is 8.98. The van der Waals surface area contributed by atoms with Crippen LogP contribution >= 0.6 is 0 Å². The summed E-state index contributed by atoms with van der Waals surface area (Å²) in [5, 5.41) is 7.17. The van der Waals surface area contributed by atoms with E-state index in [1.165, 1.54) is 0 Å². The zero-order valence-corrected chi connectivity index (χ0v) is 16.1. The summed E-state index contributed by atoms with van der Waals surface area (Å²) in [6, 6.07) is 5.44. The number of nitrogens with one attached hydrogen (secondary N) is 3. The van der Waals surface area contributed by atoms with Gasteiger partial charge in [-0.25, -0.2) is 9.59 Å². The van der Waals surface area contributed by atoms with Gasteiger partial charge in [0.15, 0.2) is 6.61 Å². The van der Waals surface area contributed by atoms with Crippen molar-refractivity contribution in [2.45, 2.75) is 40.2 Å². The predicted molar refractivity (Wildman–Crippen MR) is 100 cm³/mol. The molecule has 0 aliphatic carbocycles. The maximum Gasteiger partial charge on any atom is 0.329 e. The monoisotopic (exact) mass is 377 g/mol. The van der Waals surface area contributed by atoms with Crippen LogP contribution in [0.25, 0.3) is 0 Å². The van der Waals surface area contributed by atoms with Gasteiger partial charge in [-0.3, -0.25) is 14.9 Å². The zero-order valence-electron chi connectivity index (χ0n) is 16.1. The van der Waals surface area contributed by atoms with Crippen molar-refractivity contribution in [1.82, 2.24) is 16.0 Å². The second kappa shape index (κ2) is 10.9. The Labute approximate surface area is 159 Å². The van der Waals surface area contributed by atoms with E-state index in [0.29, 0.717) is 12.1 Å². The number of urea groups is 1. The zero-order chi connectivity index (χ0) is 20.4. The topological polar surface area (TPSA) is 114 Å². The van der Waals surface area contributed by atoms with E-state index in [2.05, 4.69) is 16.0 Å². The first kappa shape index (κ1) is 22.1. The van der Waals surface area contributed by atoms with Gasteiger partial charge in [0.1, 0.15) is 6.04 Å². The number of ether oxygens (including phenoxy) is 1. The molecule has 148 valence electrons. The van der Waals surface area contributed by atoms with Gasteiger partial charge >= 0.3 is 12.0 Å². The van der Waals surface area contributed by atoms with Gasteiger partial charge in [-0.15, -0.1) is 0 Å². The van der Waals surface area contributed by atoms with Crippen molar-refractivity contribution in [1.29, 1.82) is 0 Å². The summed E-state index contributed by atoms with van der Waals surface area (Å²) in [7, 11) is 0. The van der Waals surface area contributed by atoms with Crippen LogP contribution in [0, 0.1) is 12.8 Å². The van der Waals surface area contributed by atoms with Crippen LogP contribution < -0.4 is 16.0 Å². The number of aryl methyl sites for hydroxylation is 1. The second-order valence-corrected chi connectivity index (χ2v) is 6.42. The Bertz CT molecular complexity index is 688. The molecule has 1 aromatic carbocycles. The average molecular weight is 377 g/mol. The lowest BCUT2D eigenvalue weighted by Crippen LogP contribution is -2.47. The summed E-state index contributed by atoms with van der Waals surface area (Å²) in [5.74, 6) is -2.13. The first-order chi connectivity index (χ1) is 12.8. The highest BCUT2D eigenvalue weighted by Gasteiger charge is 2.27. The molecule has 8 nitrogen and oxygen atoms in total. The largest absolute Gasteiger partial charge is 0.454 e. The summed E-state index contributed by atoms with van der Waals surface area (Å²) in [5.41, 5.74) is 1.24. The van der Waals surface area contributed by atoms with Gasteiger partial charge < -0.3 is 15.4 Å². The number of rotatable bonds is 8. The molecule has 27 heavy (non-hydrogen) atoms. The van der Waals surface area contributed by atoms with Gasteiger partial charge in [-0.1, -0.05) is 39.0 Å². The lowest BCUT2D eigenvalue weighted by atomic mass is 10.0. The van der Waals surface area contributed by atoms with Crippen LogP contribution in [-0.2, 0) is 14.3 Å². The number of hydrogen-bond donors (Lipinski definition) is 3. The lowest BCUT2D eigenvalue weighted by molar-refractivity contribution is -0.151. The molecule has 0 fully saturated rings. The number of benzene rings is 1. The van der Waals surface area contributed by atoms with Gasteiger partial charge in [0, 0.05) is 12.1 Å². The third kappa shape index (κ3) is 7.47. The number of esters is 1. The SMILES string of the molecule is CCCNC(=O)NC(=O)COC(=O)[C@@H](NC(=O)c1ccccc1C)C(C)C. The fraction of sp³-hybridized carbons (Fsp3) is 0.474. The van der Waals surface area contributed by atoms with Crippen LogP contribution in [0.2, 0.25) is 0 Å². The number of hydrogen-bond acceptors (Lipinski definition) is 5. The maximum absolute atomic E-state index is 12.4. The van der Waals surface area contributed by atoms with Crippen LogP contribution in [-0.4, -0.2) is 43.0 Å². The third-order valence-electron chi connectivity index (χ3n) is 3.73. The average Bonchev–Trinajstić information content (AvgIpc) is 2.62. The van der Waals surface area contributed by atoms with Crippen LogP contribution in [0.5, 0.6) is 0 Å². The molecular formula is C19H27N3O5. The van der Waals surface area contributed by atoms with Crippen LogP contribution in [0.1, 0.15) is 43.1 Å². The third-order valence-corrected chi connectivity index (χ3v) is 3.73. The molecule has 0 unspecified atom stereocenters. The van der Waals surface area contributed by atoms with Crippen LogP contribution in [0.4, 0.5) is 4.79 Å². The standard InChI is InChI=1S/C19H27N3O5/c1-5-10-20-19(26)21-15(23)11-27-18(25)16(12(2)3)22-17(24)14-9-7-6-8-13(14)4/h6-9,12,16H,5,10-11H2,1-4H3,(H,22,24)(H2,20,21,23,26)/t16-/m0/s1. The minimum absolute atomic E-state index is 0.249. The van der Waals surface area contributed by atoms with Crippen molar-refractivity contribution >= 4 is 23.8 Å². The second-order valence-electron chi connectivity index (χ2n) is 6.42. The van der Waals surface area contributed by atoms with Crippen LogP contribution in [0.3, 0.4) is 0 Å². The van der Waals surface area contributed by atoms with Crippen molar-refractivity contribution in [2.75, 3.05) is 13.2 Å². The van der Waals surface area contributed by atoms with Gasteiger partial charge in [-0.2, -0.15) is 0 Å². The van der Waals surface area contributed by atoms with E-state index in [9.17, 15) is 19.2 Å². The fourth-order valence-corrected chi connectivity index (χ4v) is 2.22. The Morgan fingerprint density at radius 3 is 2.37 bits per heavy atom. The van der Waals surface area contributed by atoms with Crippen molar-refractivity contribution in [3.05, 3.63) is 35.4 Å². The molecule has 0 heterocycles. The van der Waals surface area contributed by atoms with Gasteiger partial charge in [-0.05, 0) is 30.9 Å². The molecule has 1 aromatic rings. The summed E-state index contributed by atoms with van der Waals surface area (Å²) in [6.07, 6.45) is 0.729. The molecule has 4 amide bonds. The van der Waals surface area contributed by atoms with Crippen molar-refractivity contribution in [2.24, 2.45) is 5.92 Å². The van der Waals surface area contributed by atoms with E-state index in [4.69, 9.17) is 4.74 Å². The predicted octanol–water partition coefficient (Wildman–Crippen LogP) is 1.53. The Morgan fingerprint density at radius 2 is 1.78 bits per heavy atom. The summed E-state index contributed by atoms with van der Waals surface area (Å²) in [4.78, 5) is 47.8. The molecule has 0 saturated heterocycles. The molecule has 3 N–H and O–H groups in total. The van der Waals surface area contributed by atoms with Crippen molar-refractivity contribution in [3.8, 4) is 0 Å². The number of imide groups is 1. The lowest BCUT2D eigenvalue weighted by Gasteiger charge is -2.21. The fourth-order valence-electron chi connectivity index (χ4n) is 2.22.